The second kappa shape index (κ2) is 7.26. The summed E-state index contributed by atoms with van der Waals surface area (Å²) in [5.41, 5.74) is -2.07. The molecule has 0 saturated carbocycles. The number of ether oxygens (including phenoxy) is 2. The fourth-order valence-corrected chi connectivity index (χ4v) is 1.94. The summed E-state index contributed by atoms with van der Waals surface area (Å²) < 4.78 is 9.87. The predicted octanol–water partition coefficient (Wildman–Crippen LogP) is 2.06. The van der Waals surface area contributed by atoms with Gasteiger partial charge >= 0.3 is 12.1 Å². The second-order valence-corrected chi connectivity index (χ2v) is 6.17. The SMILES string of the molecule is COC(=O)[C@@](CC=O)(CC(C)C)NC(=O)OC(C)(C)C. The summed E-state index contributed by atoms with van der Waals surface area (Å²) >= 11 is 0. The Bertz CT molecular complexity index is 359. The molecule has 0 aliphatic rings. The Balaban J connectivity index is 5.22. The largest absolute Gasteiger partial charge is 0.467 e. The van der Waals surface area contributed by atoms with E-state index in [1.165, 1.54) is 7.11 Å². The fourth-order valence-electron chi connectivity index (χ4n) is 1.94. The van der Waals surface area contributed by atoms with Gasteiger partial charge in [0.15, 0.2) is 0 Å². The highest BCUT2D eigenvalue weighted by Gasteiger charge is 2.42. The van der Waals surface area contributed by atoms with E-state index in [-0.39, 0.29) is 18.8 Å². The van der Waals surface area contributed by atoms with E-state index in [9.17, 15) is 14.4 Å². The quantitative estimate of drug-likeness (QED) is 0.597. The molecule has 0 aliphatic carbocycles. The minimum Gasteiger partial charge on any atom is -0.467 e. The van der Waals surface area contributed by atoms with Crippen molar-refractivity contribution >= 4 is 18.3 Å². The monoisotopic (exact) mass is 287 g/mol. The Morgan fingerprint density at radius 2 is 1.80 bits per heavy atom. The number of amides is 1. The van der Waals surface area contributed by atoms with Gasteiger partial charge in [-0.1, -0.05) is 13.8 Å². The van der Waals surface area contributed by atoms with Crippen molar-refractivity contribution in [3.63, 3.8) is 0 Å². The molecular weight excluding hydrogens is 262 g/mol. The molecule has 20 heavy (non-hydrogen) atoms. The van der Waals surface area contributed by atoms with Gasteiger partial charge in [0.1, 0.15) is 17.4 Å². The van der Waals surface area contributed by atoms with Gasteiger partial charge in [0.05, 0.1) is 7.11 Å². The number of nitrogens with one attached hydrogen (secondary N) is 1. The van der Waals surface area contributed by atoms with E-state index < -0.39 is 23.2 Å². The Morgan fingerprint density at radius 1 is 1.25 bits per heavy atom. The third kappa shape index (κ3) is 6.04. The lowest BCUT2D eigenvalue weighted by atomic mass is 9.86. The fraction of sp³-hybridized carbons (Fsp3) is 0.786. The molecule has 0 aliphatic heterocycles. The summed E-state index contributed by atoms with van der Waals surface area (Å²) in [5, 5.41) is 2.50. The first-order valence-electron chi connectivity index (χ1n) is 6.59. The molecule has 0 saturated heterocycles. The van der Waals surface area contributed by atoms with E-state index >= 15 is 0 Å². The summed E-state index contributed by atoms with van der Waals surface area (Å²) in [5.74, 6) is -0.562. The molecule has 6 nitrogen and oxygen atoms in total. The molecule has 0 bridgehead atoms. The van der Waals surface area contributed by atoms with Crippen LogP contribution in [0.3, 0.4) is 0 Å². The number of methoxy groups -OCH3 is 1. The summed E-state index contributed by atoms with van der Waals surface area (Å²) in [6.07, 6.45) is -0.0174. The molecule has 0 spiro atoms. The summed E-state index contributed by atoms with van der Waals surface area (Å²) in [6, 6.07) is 0. The maximum atomic E-state index is 12.0. The van der Waals surface area contributed by atoms with E-state index in [4.69, 9.17) is 9.47 Å². The molecule has 0 radical (unpaired) electrons. The van der Waals surface area contributed by atoms with Crippen LogP contribution in [0.1, 0.15) is 47.5 Å². The summed E-state index contributed by atoms with van der Waals surface area (Å²) in [4.78, 5) is 34.8. The number of esters is 1. The summed E-state index contributed by atoms with van der Waals surface area (Å²) in [7, 11) is 1.22. The average Bonchev–Trinajstić information content (AvgIpc) is 2.24. The molecule has 0 aromatic rings. The zero-order valence-corrected chi connectivity index (χ0v) is 13.1. The number of aldehydes is 1. The Hall–Kier alpha value is -1.59. The second-order valence-electron chi connectivity index (χ2n) is 6.17. The molecule has 1 amide bonds. The van der Waals surface area contributed by atoms with Gasteiger partial charge in [0, 0.05) is 6.42 Å². The van der Waals surface area contributed by atoms with Gasteiger partial charge < -0.3 is 19.6 Å². The molecule has 6 heteroatoms. The van der Waals surface area contributed by atoms with Gasteiger partial charge in [-0.15, -0.1) is 0 Å². The van der Waals surface area contributed by atoms with Crippen molar-refractivity contribution in [3.8, 4) is 0 Å². The first-order chi connectivity index (χ1) is 9.06. The zero-order chi connectivity index (χ0) is 16.0. The number of hydrogen-bond acceptors (Lipinski definition) is 5. The molecule has 0 heterocycles. The van der Waals surface area contributed by atoms with Crippen LogP contribution in [0.15, 0.2) is 0 Å². The molecule has 116 valence electrons. The number of carbonyl (C=O) groups excluding carboxylic acids is 3. The van der Waals surface area contributed by atoms with E-state index in [0.29, 0.717) is 6.29 Å². The van der Waals surface area contributed by atoms with Crippen molar-refractivity contribution in [1.29, 1.82) is 0 Å². The zero-order valence-electron chi connectivity index (χ0n) is 13.1. The highest BCUT2D eigenvalue weighted by atomic mass is 16.6. The minimum atomic E-state index is -1.38. The lowest BCUT2D eigenvalue weighted by Crippen LogP contribution is -2.57. The highest BCUT2D eigenvalue weighted by molar-refractivity contribution is 5.88. The average molecular weight is 287 g/mol. The Morgan fingerprint density at radius 3 is 2.15 bits per heavy atom. The maximum Gasteiger partial charge on any atom is 0.408 e. The smallest absolute Gasteiger partial charge is 0.408 e. The predicted molar refractivity (Wildman–Crippen MR) is 74.3 cm³/mol. The lowest BCUT2D eigenvalue weighted by molar-refractivity contribution is -0.150. The molecular formula is C14H25NO5. The van der Waals surface area contributed by atoms with Crippen LogP contribution in [-0.4, -0.2) is 36.6 Å². The van der Waals surface area contributed by atoms with Crippen molar-refractivity contribution in [2.75, 3.05) is 7.11 Å². The topological polar surface area (TPSA) is 81.7 Å². The van der Waals surface area contributed by atoms with Gasteiger partial charge in [0.2, 0.25) is 0 Å². The molecule has 0 aromatic carbocycles. The number of hydrogen-bond donors (Lipinski definition) is 1. The molecule has 0 aromatic heterocycles. The Labute approximate surface area is 120 Å². The first-order valence-corrected chi connectivity index (χ1v) is 6.59. The van der Waals surface area contributed by atoms with Gasteiger partial charge in [-0.05, 0) is 33.1 Å². The Kier molecular flexibility index (Phi) is 6.68. The number of carbonyl (C=O) groups is 3. The normalized spacial score (nSPS) is 14.3. The molecule has 0 unspecified atom stereocenters. The van der Waals surface area contributed by atoms with Crippen molar-refractivity contribution in [1.82, 2.24) is 5.32 Å². The van der Waals surface area contributed by atoms with Gasteiger partial charge in [-0.3, -0.25) is 0 Å². The van der Waals surface area contributed by atoms with Crippen LogP contribution < -0.4 is 5.32 Å². The van der Waals surface area contributed by atoms with Crippen LogP contribution in [0.25, 0.3) is 0 Å². The lowest BCUT2D eigenvalue weighted by Gasteiger charge is -2.32. The standard InChI is InChI=1S/C14H25NO5/c1-10(2)9-14(7-8-16,11(17)19-6)15-12(18)20-13(3,4)5/h8,10H,7,9H2,1-6H3,(H,15,18)/t14-/m1/s1. The third-order valence-corrected chi connectivity index (χ3v) is 2.50. The van der Waals surface area contributed by atoms with Crippen LogP contribution >= 0.6 is 0 Å². The first kappa shape index (κ1) is 18.4. The number of rotatable bonds is 6. The van der Waals surface area contributed by atoms with Gasteiger partial charge in [0.25, 0.3) is 0 Å². The van der Waals surface area contributed by atoms with Crippen LogP contribution in [0.2, 0.25) is 0 Å². The maximum absolute atomic E-state index is 12.0. The molecule has 1 N–H and O–H groups in total. The summed E-state index contributed by atoms with van der Waals surface area (Å²) in [6.45, 7) is 8.93. The van der Waals surface area contributed by atoms with E-state index in [2.05, 4.69) is 5.32 Å². The van der Waals surface area contributed by atoms with E-state index in [0.717, 1.165) is 0 Å². The minimum absolute atomic E-state index is 0.0870. The molecule has 1 atom stereocenters. The van der Waals surface area contributed by atoms with Crippen LogP contribution in [0, 0.1) is 5.92 Å². The van der Waals surface area contributed by atoms with Crippen molar-refractivity contribution in [3.05, 3.63) is 0 Å². The highest BCUT2D eigenvalue weighted by Crippen LogP contribution is 2.23. The van der Waals surface area contributed by atoms with Crippen LogP contribution in [-0.2, 0) is 19.1 Å². The van der Waals surface area contributed by atoms with Crippen LogP contribution in [0.5, 0.6) is 0 Å². The van der Waals surface area contributed by atoms with Crippen molar-refractivity contribution < 1.29 is 23.9 Å². The third-order valence-electron chi connectivity index (χ3n) is 2.50. The van der Waals surface area contributed by atoms with E-state index in [1.807, 2.05) is 13.8 Å². The van der Waals surface area contributed by atoms with E-state index in [1.54, 1.807) is 20.8 Å². The van der Waals surface area contributed by atoms with Gasteiger partial charge in [-0.25, -0.2) is 9.59 Å². The molecule has 0 fully saturated rings. The molecule has 0 rings (SSSR count). The van der Waals surface area contributed by atoms with Crippen molar-refractivity contribution in [2.45, 2.75) is 58.6 Å². The van der Waals surface area contributed by atoms with Crippen molar-refractivity contribution in [2.24, 2.45) is 5.92 Å². The van der Waals surface area contributed by atoms with Gasteiger partial charge in [-0.2, -0.15) is 0 Å². The van der Waals surface area contributed by atoms with Crippen LogP contribution in [0.4, 0.5) is 4.79 Å². The number of alkyl carbamates (subject to hydrolysis) is 1.